The van der Waals surface area contributed by atoms with Crippen LogP contribution in [0.5, 0.6) is 0 Å². The zero-order chi connectivity index (χ0) is 11.5. The molecule has 16 heavy (non-hydrogen) atoms. The fraction of sp³-hybridized carbons (Fsp3) is 0. The van der Waals surface area contributed by atoms with Gasteiger partial charge in [-0.15, -0.1) is 0 Å². The topological polar surface area (TPSA) is 24.9 Å². The summed E-state index contributed by atoms with van der Waals surface area (Å²) in [5, 5.41) is 3.00. The molecule has 0 aliphatic rings. The lowest BCUT2D eigenvalue weighted by Crippen LogP contribution is -1.96. The van der Waals surface area contributed by atoms with E-state index in [0.29, 0.717) is 11.0 Å². The Balaban J connectivity index is 2.27. The monoisotopic (exact) mass is 240 g/mol. The molecule has 0 saturated heterocycles. The third-order valence-corrected chi connectivity index (χ3v) is 2.12. The first-order chi connectivity index (χ1) is 7.65. The first kappa shape index (κ1) is 10.8. The molecule has 5 heteroatoms. The van der Waals surface area contributed by atoms with Crippen LogP contribution in [0.2, 0.25) is 5.15 Å². The molecule has 2 rings (SSSR count). The first-order valence-corrected chi connectivity index (χ1v) is 4.87. The maximum absolute atomic E-state index is 13.3. The summed E-state index contributed by atoms with van der Waals surface area (Å²) in [5.41, 5.74) is 0.149. The van der Waals surface area contributed by atoms with E-state index in [4.69, 9.17) is 11.6 Å². The number of anilines is 2. The van der Waals surface area contributed by atoms with Crippen LogP contribution in [0.4, 0.5) is 20.3 Å². The number of nitrogens with one attached hydrogen (secondary N) is 1. The van der Waals surface area contributed by atoms with Gasteiger partial charge in [0.15, 0.2) is 0 Å². The van der Waals surface area contributed by atoms with Gasteiger partial charge in [0.2, 0.25) is 0 Å². The lowest BCUT2D eigenvalue weighted by atomic mass is 10.3. The summed E-state index contributed by atoms with van der Waals surface area (Å²) in [6, 6.07) is 8.18. The summed E-state index contributed by atoms with van der Waals surface area (Å²) in [4.78, 5) is 3.93. The van der Waals surface area contributed by atoms with Crippen LogP contribution >= 0.6 is 11.6 Å². The Hall–Kier alpha value is -1.68. The highest BCUT2D eigenvalue weighted by Gasteiger charge is 2.04. The maximum Gasteiger partial charge on any atom is 0.149 e. The number of benzene rings is 1. The summed E-state index contributed by atoms with van der Waals surface area (Å²) in [5.74, 6) is -0.901. The molecular formula is C11H7ClF2N2. The smallest absolute Gasteiger partial charge is 0.149 e. The Bertz CT molecular complexity index is 517. The lowest BCUT2D eigenvalue weighted by Gasteiger charge is -2.06. The highest BCUT2D eigenvalue weighted by atomic mass is 35.5. The van der Waals surface area contributed by atoms with E-state index < -0.39 is 11.6 Å². The van der Waals surface area contributed by atoms with E-state index >= 15 is 0 Å². The van der Waals surface area contributed by atoms with Crippen molar-refractivity contribution in [2.45, 2.75) is 0 Å². The van der Waals surface area contributed by atoms with E-state index in [1.165, 1.54) is 6.07 Å². The quantitative estimate of drug-likeness (QED) is 0.809. The zero-order valence-corrected chi connectivity index (χ0v) is 8.80. The van der Waals surface area contributed by atoms with Crippen molar-refractivity contribution in [1.29, 1.82) is 0 Å². The van der Waals surface area contributed by atoms with Gasteiger partial charge in [-0.1, -0.05) is 17.7 Å². The van der Waals surface area contributed by atoms with Gasteiger partial charge in [-0.2, -0.15) is 0 Å². The number of nitrogens with zero attached hydrogens (tertiary/aromatic N) is 1. The van der Waals surface area contributed by atoms with Crippen LogP contribution in [0, 0.1) is 11.6 Å². The van der Waals surface area contributed by atoms with E-state index in [-0.39, 0.29) is 5.69 Å². The molecule has 0 spiro atoms. The zero-order valence-electron chi connectivity index (χ0n) is 8.05. The van der Waals surface area contributed by atoms with Crippen molar-refractivity contribution >= 4 is 23.1 Å². The number of hydrogen-bond acceptors (Lipinski definition) is 2. The molecule has 1 aromatic heterocycles. The fourth-order valence-electron chi connectivity index (χ4n) is 1.21. The summed E-state index contributed by atoms with van der Waals surface area (Å²) < 4.78 is 25.9. The molecule has 0 bridgehead atoms. The fourth-order valence-corrected chi connectivity index (χ4v) is 1.37. The second-order valence-corrected chi connectivity index (χ2v) is 3.48. The van der Waals surface area contributed by atoms with Crippen LogP contribution in [0.3, 0.4) is 0 Å². The van der Waals surface area contributed by atoms with Gasteiger partial charge in [-0.05, 0) is 24.3 Å². The largest absolute Gasteiger partial charge is 0.338 e. The van der Waals surface area contributed by atoms with E-state index in [0.717, 1.165) is 12.1 Å². The normalized spacial score (nSPS) is 10.2. The van der Waals surface area contributed by atoms with Gasteiger partial charge in [0, 0.05) is 6.07 Å². The van der Waals surface area contributed by atoms with Gasteiger partial charge in [0.25, 0.3) is 0 Å². The van der Waals surface area contributed by atoms with Crippen LogP contribution in [0.15, 0.2) is 36.4 Å². The number of halogens is 3. The highest BCUT2D eigenvalue weighted by Crippen LogP contribution is 2.20. The molecule has 2 aromatic rings. The third kappa shape index (κ3) is 2.46. The molecule has 0 amide bonds. The van der Waals surface area contributed by atoms with Crippen LogP contribution in [-0.2, 0) is 0 Å². The van der Waals surface area contributed by atoms with Crippen molar-refractivity contribution in [2.24, 2.45) is 0 Å². The Morgan fingerprint density at radius 2 is 1.94 bits per heavy atom. The summed E-state index contributed by atoms with van der Waals surface area (Å²) in [6.07, 6.45) is 0. The molecule has 1 aromatic carbocycles. The van der Waals surface area contributed by atoms with Gasteiger partial charge in [-0.3, -0.25) is 0 Å². The van der Waals surface area contributed by atoms with Crippen molar-refractivity contribution in [1.82, 2.24) is 4.98 Å². The van der Waals surface area contributed by atoms with Crippen molar-refractivity contribution < 1.29 is 8.78 Å². The predicted molar refractivity (Wildman–Crippen MR) is 58.9 cm³/mol. The molecule has 0 unspecified atom stereocenters. The van der Waals surface area contributed by atoms with Crippen molar-refractivity contribution in [3.63, 3.8) is 0 Å². The molecule has 1 N–H and O–H groups in total. The Morgan fingerprint density at radius 1 is 1.12 bits per heavy atom. The van der Waals surface area contributed by atoms with Gasteiger partial charge in [0.05, 0.1) is 5.69 Å². The van der Waals surface area contributed by atoms with E-state index in [2.05, 4.69) is 10.3 Å². The highest BCUT2D eigenvalue weighted by molar-refractivity contribution is 6.29. The first-order valence-electron chi connectivity index (χ1n) is 4.50. The average Bonchev–Trinajstić information content (AvgIpc) is 2.22. The molecule has 0 aliphatic carbocycles. The van der Waals surface area contributed by atoms with Crippen molar-refractivity contribution in [3.8, 4) is 0 Å². The predicted octanol–water partition coefficient (Wildman–Crippen LogP) is 3.76. The summed E-state index contributed by atoms with van der Waals surface area (Å²) in [7, 11) is 0. The summed E-state index contributed by atoms with van der Waals surface area (Å²) in [6.45, 7) is 0. The SMILES string of the molecule is Fc1ccc(Nc2cccc(Cl)n2)c(F)c1. The summed E-state index contributed by atoms with van der Waals surface area (Å²) >= 11 is 5.67. The molecule has 0 saturated carbocycles. The Kier molecular flexibility index (Phi) is 3.01. The number of pyridine rings is 1. The average molecular weight is 241 g/mol. The van der Waals surface area contributed by atoms with Crippen LogP contribution in [0.25, 0.3) is 0 Å². The van der Waals surface area contributed by atoms with Crippen molar-refractivity contribution in [3.05, 3.63) is 53.2 Å². The molecule has 82 valence electrons. The van der Waals surface area contributed by atoms with Crippen molar-refractivity contribution in [2.75, 3.05) is 5.32 Å². The molecule has 0 radical (unpaired) electrons. The van der Waals surface area contributed by atoms with Gasteiger partial charge in [0.1, 0.15) is 22.6 Å². The number of hydrogen-bond donors (Lipinski definition) is 1. The molecule has 2 nitrogen and oxygen atoms in total. The molecular weight excluding hydrogens is 234 g/mol. The van der Waals surface area contributed by atoms with Gasteiger partial charge in [-0.25, -0.2) is 13.8 Å². The lowest BCUT2D eigenvalue weighted by molar-refractivity contribution is 0.586. The maximum atomic E-state index is 13.3. The molecule has 1 heterocycles. The number of aromatic nitrogens is 1. The van der Waals surface area contributed by atoms with Crippen LogP contribution in [-0.4, -0.2) is 4.98 Å². The van der Waals surface area contributed by atoms with Crippen LogP contribution in [0.1, 0.15) is 0 Å². The second-order valence-electron chi connectivity index (χ2n) is 3.09. The standard InChI is InChI=1S/C11H7ClF2N2/c12-10-2-1-3-11(16-10)15-9-5-4-7(13)6-8(9)14/h1-6H,(H,15,16). The van der Waals surface area contributed by atoms with Gasteiger partial charge < -0.3 is 5.32 Å². The van der Waals surface area contributed by atoms with E-state index in [9.17, 15) is 8.78 Å². The van der Waals surface area contributed by atoms with E-state index in [1.54, 1.807) is 18.2 Å². The minimum absolute atomic E-state index is 0.149. The second kappa shape index (κ2) is 4.45. The van der Waals surface area contributed by atoms with Crippen LogP contribution < -0.4 is 5.32 Å². The Morgan fingerprint density at radius 3 is 2.62 bits per heavy atom. The molecule has 0 atom stereocenters. The van der Waals surface area contributed by atoms with E-state index in [1.807, 2.05) is 0 Å². The minimum atomic E-state index is -0.679. The van der Waals surface area contributed by atoms with Gasteiger partial charge >= 0.3 is 0 Å². The molecule has 0 fully saturated rings. The third-order valence-electron chi connectivity index (χ3n) is 1.91. The molecule has 0 aliphatic heterocycles. The Labute approximate surface area is 95.9 Å². The number of rotatable bonds is 2. The minimum Gasteiger partial charge on any atom is -0.338 e.